The van der Waals surface area contributed by atoms with Crippen LogP contribution >= 0.6 is 35.0 Å². The third kappa shape index (κ3) is 6.24. The van der Waals surface area contributed by atoms with Crippen molar-refractivity contribution in [2.24, 2.45) is 0 Å². The summed E-state index contributed by atoms with van der Waals surface area (Å²) in [4.78, 5) is 28.9. The van der Waals surface area contributed by atoms with Gasteiger partial charge in [0.25, 0.3) is 5.91 Å². The van der Waals surface area contributed by atoms with E-state index in [1.165, 1.54) is 24.1 Å². The third-order valence-corrected chi connectivity index (χ3v) is 8.07. The van der Waals surface area contributed by atoms with Crippen molar-refractivity contribution in [3.8, 4) is 6.07 Å². The topological polar surface area (TPSA) is 98.4 Å². The van der Waals surface area contributed by atoms with Gasteiger partial charge in [-0.25, -0.2) is 0 Å². The zero-order valence-corrected chi connectivity index (χ0v) is 24.6. The van der Waals surface area contributed by atoms with Gasteiger partial charge in [0.2, 0.25) is 5.91 Å². The number of anilines is 3. The molecule has 2 heterocycles. The van der Waals surface area contributed by atoms with Crippen molar-refractivity contribution in [3.05, 3.63) is 135 Å². The number of nitriles is 1. The molecule has 7 nitrogen and oxygen atoms in total. The molecule has 0 bridgehead atoms. The molecular formula is C32H24Cl2N4O3S. The van der Waals surface area contributed by atoms with Gasteiger partial charge in [0.15, 0.2) is 0 Å². The van der Waals surface area contributed by atoms with Gasteiger partial charge in [0.05, 0.1) is 50.9 Å². The van der Waals surface area contributed by atoms with Crippen LogP contribution in [-0.4, -0.2) is 17.6 Å². The van der Waals surface area contributed by atoms with Gasteiger partial charge in [-0.2, -0.15) is 5.26 Å². The SMILES string of the molecule is CC1=C(C(=O)Nc2ccc(Cl)cc2Cl)[C@H](c2ccco2)C(C#N)=C(SCC(=O)N(c2ccccc2)c2ccccc2)N1. The number of carbonyl (C=O) groups excluding carboxylic acids is 2. The Hall–Kier alpha value is -4.42. The lowest BCUT2D eigenvalue weighted by molar-refractivity contribution is -0.115. The lowest BCUT2D eigenvalue weighted by Gasteiger charge is -2.29. The van der Waals surface area contributed by atoms with Gasteiger partial charge >= 0.3 is 0 Å². The summed E-state index contributed by atoms with van der Waals surface area (Å²) in [5, 5.41) is 17.5. The van der Waals surface area contributed by atoms with E-state index < -0.39 is 11.8 Å². The first-order valence-corrected chi connectivity index (χ1v) is 14.6. The summed E-state index contributed by atoms with van der Waals surface area (Å²) < 4.78 is 5.70. The van der Waals surface area contributed by atoms with Crippen LogP contribution < -0.4 is 15.5 Å². The highest BCUT2D eigenvalue weighted by atomic mass is 35.5. The molecule has 10 heteroatoms. The van der Waals surface area contributed by atoms with E-state index in [2.05, 4.69) is 16.7 Å². The number of amides is 2. The maximum absolute atomic E-state index is 13.7. The quantitative estimate of drug-likeness (QED) is 0.208. The van der Waals surface area contributed by atoms with Gasteiger partial charge < -0.3 is 15.1 Å². The van der Waals surface area contributed by atoms with Crippen LogP contribution in [0.3, 0.4) is 0 Å². The molecule has 0 saturated carbocycles. The average Bonchev–Trinajstić information content (AvgIpc) is 3.53. The number of nitrogens with zero attached hydrogens (tertiary/aromatic N) is 2. The minimum absolute atomic E-state index is 0.0252. The molecule has 2 N–H and O–H groups in total. The van der Waals surface area contributed by atoms with Gasteiger partial charge in [0.1, 0.15) is 5.76 Å². The monoisotopic (exact) mass is 614 g/mol. The maximum atomic E-state index is 13.7. The number of hydrogen-bond donors (Lipinski definition) is 2. The highest BCUT2D eigenvalue weighted by Crippen LogP contribution is 2.42. The molecule has 1 aliphatic heterocycles. The van der Waals surface area contributed by atoms with E-state index in [4.69, 9.17) is 27.6 Å². The highest BCUT2D eigenvalue weighted by Gasteiger charge is 2.37. The van der Waals surface area contributed by atoms with Gasteiger partial charge in [0, 0.05) is 22.1 Å². The van der Waals surface area contributed by atoms with Crippen LogP contribution in [0, 0.1) is 11.3 Å². The van der Waals surface area contributed by atoms with E-state index in [1.54, 1.807) is 36.1 Å². The Kier molecular flexibility index (Phi) is 9.03. The zero-order chi connectivity index (χ0) is 29.6. The number of carbonyl (C=O) groups is 2. The van der Waals surface area contributed by atoms with Gasteiger partial charge in [-0.1, -0.05) is 71.4 Å². The van der Waals surface area contributed by atoms with Crippen LogP contribution in [-0.2, 0) is 9.59 Å². The summed E-state index contributed by atoms with van der Waals surface area (Å²) in [6.07, 6.45) is 1.49. The number of dihydropyridines is 1. The molecule has 5 rings (SSSR count). The second kappa shape index (κ2) is 13.0. The van der Waals surface area contributed by atoms with E-state index in [9.17, 15) is 14.9 Å². The third-order valence-electron chi connectivity index (χ3n) is 6.52. The van der Waals surface area contributed by atoms with Crippen LogP contribution in [0.4, 0.5) is 17.1 Å². The molecule has 1 aliphatic rings. The number of furan rings is 1. The molecule has 1 aromatic heterocycles. The number of nitrogens with one attached hydrogen (secondary N) is 2. The standard InChI is InChI=1S/C32H24Cl2N4O3S/c1-20-29(31(40)37-26-15-14-21(33)17-25(26)34)30(27-13-8-16-41-27)24(18-35)32(36-20)42-19-28(39)38(22-9-4-2-5-10-22)23-11-6-3-7-12-23/h2-17,30,36H,19H2,1H3,(H,37,40)/t30-/m0/s1. The molecule has 0 saturated heterocycles. The van der Waals surface area contributed by atoms with E-state index in [1.807, 2.05) is 60.7 Å². The number of allylic oxidation sites excluding steroid dienone is 2. The Balaban J connectivity index is 1.45. The molecule has 210 valence electrons. The van der Waals surface area contributed by atoms with Crippen molar-refractivity contribution in [2.75, 3.05) is 16.0 Å². The summed E-state index contributed by atoms with van der Waals surface area (Å²) in [5.74, 6) is -1.01. The molecule has 0 unspecified atom stereocenters. The molecule has 0 aliphatic carbocycles. The number of para-hydroxylation sites is 2. The summed E-state index contributed by atoms with van der Waals surface area (Å²) in [6, 6.07) is 29.1. The Morgan fingerprint density at radius 1 is 1.00 bits per heavy atom. The Morgan fingerprint density at radius 3 is 2.24 bits per heavy atom. The van der Waals surface area contributed by atoms with Crippen molar-refractivity contribution in [3.63, 3.8) is 0 Å². The number of hydrogen-bond acceptors (Lipinski definition) is 6. The fourth-order valence-electron chi connectivity index (χ4n) is 4.64. The number of benzene rings is 3. The molecule has 3 aromatic carbocycles. The van der Waals surface area contributed by atoms with E-state index in [0.717, 1.165) is 11.4 Å². The lowest BCUT2D eigenvalue weighted by Crippen LogP contribution is -2.32. The van der Waals surface area contributed by atoms with Crippen LogP contribution in [0.25, 0.3) is 0 Å². The lowest BCUT2D eigenvalue weighted by atomic mass is 9.85. The zero-order valence-electron chi connectivity index (χ0n) is 22.3. The first-order chi connectivity index (χ1) is 20.4. The predicted molar refractivity (Wildman–Crippen MR) is 168 cm³/mol. The molecule has 0 spiro atoms. The number of halogens is 2. The second-order valence-corrected chi connectivity index (χ2v) is 11.1. The Labute approximate surface area is 257 Å². The molecule has 4 aromatic rings. The largest absolute Gasteiger partial charge is 0.468 e. The minimum Gasteiger partial charge on any atom is -0.468 e. The first kappa shape index (κ1) is 29.1. The van der Waals surface area contributed by atoms with Gasteiger partial charge in [-0.3, -0.25) is 14.5 Å². The smallest absolute Gasteiger partial charge is 0.254 e. The van der Waals surface area contributed by atoms with Crippen molar-refractivity contribution < 1.29 is 14.0 Å². The minimum atomic E-state index is -0.811. The molecule has 0 fully saturated rings. The van der Waals surface area contributed by atoms with Gasteiger partial charge in [-0.05, 0) is 61.5 Å². The van der Waals surface area contributed by atoms with Crippen molar-refractivity contribution in [1.82, 2.24) is 5.32 Å². The van der Waals surface area contributed by atoms with E-state index >= 15 is 0 Å². The van der Waals surface area contributed by atoms with Crippen LogP contribution in [0.2, 0.25) is 10.0 Å². The van der Waals surface area contributed by atoms with Crippen LogP contribution in [0.5, 0.6) is 0 Å². The normalized spacial score (nSPS) is 14.7. The van der Waals surface area contributed by atoms with Crippen LogP contribution in [0.15, 0.2) is 124 Å². The summed E-state index contributed by atoms with van der Waals surface area (Å²) >= 11 is 13.5. The fourth-order valence-corrected chi connectivity index (χ4v) is 6.03. The number of rotatable bonds is 8. The molecule has 0 radical (unpaired) electrons. The maximum Gasteiger partial charge on any atom is 0.254 e. The average molecular weight is 616 g/mol. The second-order valence-electron chi connectivity index (χ2n) is 9.23. The molecule has 42 heavy (non-hydrogen) atoms. The summed E-state index contributed by atoms with van der Waals surface area (Å²) in [6.45, 7) is 1.74. The first-order valence-electron chi connectivity index (χ1n) is 12.8. The Morgan fingerprint density at radius 2 is 1.67 bits per heavy atom. The molecular weight excluding hydrogens is 591 g/mol. The molecule has 1 atom stereocenters. The molecule has 2 amide bonds. The fraction of sp³-hybridized carbons (Fsp3) is 0.0938. The Bertz CT molecular complexity index is 1680. The van der Waals surface area contributed by atoms with Gasteiger partial charge in [-0.15, -0.1) is 0 Å². The van der Waals surface area contributed by atoms with Crippen molar-refractivity contribution in [1.29, 1.82) is 5.26 Å². The van der Waals surface area contributed by atoms with Crippen molar-refractivity contribution in [2.45, 2.75) is 12.8 Å². The highest BCUT2D eigenvalue weighted by molar-refractivity contribution is 8.03. The van der Waals surface area contributed by atoms with Crippen LogP contribution in [0.1, 0.15) is 18.6 Å². The predicted octanol–water partition coefficient (Wildman–Crippen LogP) is 8.02. The van der Waals surface area contributed by atoms with E-state index in [0.29, 0.717) is 32.8 Å². The number of thioether (sulfide) groups is 1. The van der Waals surface area contributed by atoms with E-state index in [-0.39, 0.29) is 22.3 Å². The summed E-state index contributed by atoms with van der Waals surface area (Å²) in [5.41, 5.74) is 2.88. The van der Waals surface area contributed by atoms with Crippen molar-refractivity contribution >= 4 is 63.8 Å². The summed E-state index contributed by atoms with van der Waals surface area (Å²) in [7, 11) is 0.